The lowest BCUT2D eigenvalue weighted by atomic mass is 10.1. The predicted molar refractivity (Wildman–Crippen MR) is 104 cm³/mol. The Labute approximate surface area is 157 Å². The molecule has 0 spiro atoms. The first-order valence-corrected chi connectivity index (χ1v) is 9.22. The van der Waals surface area contributed by atoms with Crippen LogP contribution in [-0.2, 0) is 4.79 Å². The van der Waals surface area contributed by atoms with Gasteiger partial charge in [0.15, 0.2) is 0 Å². The van der Waals surface area contributed by atoms with Gasteiger partial charge < -0.3 is 5.32 Å². The summed E-state index contributed by atoms with van der Waals surface area (Å²) in [6.07, 6.45) is 0. The molecule has 6 nitrogen and oxygen atoms in total. The standard InChI is InChI=1S/C19H21N5OS/c1-12-6-5-7-16(10-12)20-18(25)15(4)26-19-21-22-23-24(19)17-11-13(2)8-9-14(17)3/h5-11,15H,1-4H3,(H,20,25)/t15-/m1/s1. The van der Waals surface area contributed by atoms with Crippen molar-refractivity contribution in [1.82, 2.24) is 20.2 Å². The van der Waals surface area contributed by atoms with E-state index < -0.39 is 0 Å². The van der Waals surface area contributed by atoms with Crippen LogP contribution in [0, 0.1) is 20.8 Å². The summed E-state index contributed by atoms with van der Waals surface area (Å²) in [5.41, 5.74) is 5.01. The Hall–Kier alpha value is -2.67. The topological polar surface area (TPSA) is 72.7 Å². The number of hydrogen-bond donors (Lipinski definition) is 1. The normalized spacial score (nSPS) is 12.0. The third-order valence-corrected chi connectivity index (χ3v) is 5.00. The van der Waals surface area contributed by atoms with Crippen LogP contribution in [0.4, 0.5) is 5.69 Å². The predicted octanol–water partition coefficient (Wildman–Crippen LogP) is 3.71. The number of carbonyl (C=O) groups is 1. The number of aryl methyl sites for hydroxylation is 3. The number of anilines is 1. The number of carbonyl (C=O) groups excluding carboxylic acids is 1. The van der Waals surface area contributed by atoms with Gasteiger partial charge >= 0.3 is 0 Å². The summed E-state index contributed by atoms with van der Waals surface area (Å²) in [6.45, 7) is 7.88. The van der Waals surface area contributed by atoms with Crippen LogP contribution in [0.2, 0.25) is 0 Å². The molecule has 0 aliphatic heterocycles. The van der Waals surface area contributed by atoms with Crippen molar-refractivity contribution in [3.05, 3.63) is 59.2 Å². The first kappa shape index (κ1) is 18.1. The summed E-state index contributed by atoms with van der Waals surface area (Å²) in [7, 11) is 0. The summed E-state index contributed by atoms with van der Waals surface area (Å²) in [4.78, 5) is 12.5. The van der Waals surface area contributed by atoms with Gasteiger partial charge in [-0.3, -0.25) is 4.79 Å². The number of rotatable bonds is 5. The Morgan fingerprint density at radius 1 is 1.12 bits per heavy atom. The van der Waals surface area contributed by atoms with E-state index in [1.807, 2.05) is 70.2 Å². The summed E-state index contributed by atoms with van der Waals surface area (Å²) in [5.74, 6) is -0.0869. The fraction of sp³-hybridized carbons (Fsp3) is 0.263. The molecule has 0 saturated heterocycles. The second-order valence-corrected chi connectivity index (χ2v) is 7.59. The molecule has 0 aliphatic rings. The Balaban J connectivity index is 1.76. The van der Waals surface area contributed by atoms with Crippen LogP contribution in [0.15, 0.2) is 47.6 Å². The molecule has 0 saturated carbocycles. The minimum Gasteiger partial charge on any atom is -0.325 e. The van der Waals surface area contributed by atoms with Crippen molar-refractivity contribution in [2.45, 2.75) is 38.1 Å². The van der Waals surface area contributed by atoms with E-state index in [-0.39, 0.29) is 11.2 Å². The zero-order valence-electron chi connectivity index (χ0n) is 15.2. The molecule has 1 aromatic heterocycles. The van der Waals surface area contributed by atoms with Gasteiger partial charge in [-0.2, -0.15) is 4.68 Å². The van der Waals surface area contributed by atoms with Crippen molar-refractivity contribution < 1.29 is 4.79 Å². The van der Waals surface area contributed by atoms with Crippen molar-refractivity contribution >= 4 is 23.4 Å². The Morgan fingerprint density at radius 2 is 1.88 bits per heavy atom. The molecule has 1 N–H and O–H groups in total. The molecular formula is C19H21N5OS. The number of benzene rings is 2. The lowest BCUT2D eigenvalue weighted by Crippen LogP contribution is -2.23. The van der Waals surface area contributed by atoms with Crippen LogP contribution < -0.4 is 5.32 Å². The van der Waals surface area contributed by atoms with E-state index in [2.05, 4.69) is 20.8 Å². The molecule has 2 aromatic carbocycles. The average molecular weight is 367 g/mol. The molecule has 0 fully saturated rings. The molecule has 0 unspecified atom stereocenters. The highest BCUT2D eigenvalue weighted by Crippen LogP contribution is 2.25. The molecule has 26 heavy (non-hydrogen) atoms. The SMILES string of the molecule is Cc1cccc(NC(=O)[C@@H](C)Sc2nnnn2-c2cc(C)ccc2C)c1. The smallest absolute Gasteiger partial charge is 0.237 e. The third kappa shape index (κ3) is 4.11. The number of aromatic nitrogens is 4. The van der Waals surface area contributed by atoms with Gasteiger partial charge in [0.25, 0.3) is 0 Å². The van der Waals surface area contributed by atoms with Gasteiger partial charge in [-0.1, -0.05) is 36.0 Å². The van der Waals surface area contributed by atoms with Crippen molar-refractivity contribution in [1.29, 1.82) is 0 Å². The average Bonchev–Trinajstić information content (AvgIpc) is 3.05. The van der Waals surface area contributed by atoms with E-state index in [1.165, 1.54) is 11.8 Å². The first-order chi connectivity index (χ1) is 12.4. The number of amides is 1. The highest BCUT2D eigenvalue weighted by atomic mass is 32.2. The molecule has 1 amide bonds. The lowest BCUT2D eigenvalue weighted by molar-refractivity contribution is -0.115. The van der Waals surface area contributed by atoms with E-state index in [1.54, 1.807) is 4.68 Å². The minimum absolute atomic E-state index is 0.0869. The van der Waals surface area contributed by atoms with E-state index >= 15 is 0 Å². The Morgan fingerprint density at radius 3 is 2.65 bits per heavy atom. The first-order valence-electron chi connectivity index (χ1n) is 8.34. The van der Waals surface area contributed by atoms with E-state index in [0.29, 0.717) is 5.16 Å². The van der Waals surface area contributed by atoms with Gasteiger partial charge in [-0.25, -0.2) is 0 Å². The number of nitrogens with zero attached hydrogens (tertiary/aromatic N) is 4. The molecule has 7 heteroatoms. The summed E-state index contributed by atoms with van der Waals surface area (Å²) in [6, 6.07) is 13.9. The monoisotopic (exact) mass is 367 g/mol. The largest absolute Gasteiger partial charge is 0.325 e. The Kier molecular flexibility index (Phi) is 5.37. The van der Waals surface area contributed by atoms with Crippen molar-refractivity contribution in [2.24, 2.45) is 0 Å². The molecule has 0 aliphatic carbocycles. The van der Waals surface area contributed by atoms with Gasteiger partial charge in [0.1, 0.15) is 0 Å². The Bertz CT molecular complexity index is 937. The molecular weight excluding hydrogens is 346 g/mol. The molecule has 134 valence electrons. The number of hydrogen-bond acceptors (Lipinski definition) is 5. The minimum atomic E-state index is -0.342. The highest BCUT2D eigenvalue weighted by molar-refractivity contribution is 8.00. The second kappa shape index (κ2) is 7.70. The molecule has 0 bridgehead atoms. The second-order valence-electron chi connectivity index (χ2n) is 6.28. The van der Waals surface area contributed by atoms with Crippen LogP contribution in [0.5, 0.6) is 0 Å². The van der Waals surface area contributed by atoms with Gasteiger partial charge in [-0.15, -0.1) is 5.10 Å². The van der Waals surface area contributed by atoms with Gasteiger partial charge in [0, 0.05) is 5.69 Å². The van der Waals surface area contributed by atoms with E-state index in [4.69, 9.17) is 0 Å². The highest BCUT2D eigenvalue weighted by Gasteiger charge is 2.20. The van der Waals surface area contributed by atoms with Crippen LogP contribution >= 0.6 is 11.8 Å². The number of nitrogens with one attached hydrogen (secondary N) is 1. The fourth-order valence-electron chi connectivity index (χ4n) is 2.53. The molecule has 0 radical (unpaired) electrons. The van der Waals surface area contributed by atoms with Gasteiger partial charge in [-0.05, 0) is 73.0 Å². The molecule has 3 aromatic rings. The third-order valence-electron chi connectivity index (χ3n) is 3.97. The van der Waals surface area contributed by atoms with E-state index in [0.717, 1.165) is 28.1 Å². The summed E-state index contributed by atoms with van der Waals surface area (Å²) in [5, 5.41) is 15.2. The number of tetrazole rings is 1. The molecule has 3 rings (SSSR count). The summed E-state index contributed by atoms with van der Waals surface area (Å²) < 4.78 is 1.68. The van der Waals surface area contributed by atoms with Crippen LogP contribution in [0.1, 0.15) is 23.6 Å². The maximum absolute atomic E-state index is 12.5. The van der Waals surface area contributed by atoms with Crippen molar-refractivity contribution in [3.63, 3.8) is 0 Å². The van der Waals surface area contributed by atoms with Crippen LogP contribution in [0.3, 0.4) is 0 Å². The molecule has 1 heterocycles. The van der Waals surface area contributed by atoms with Gasteiger partial charge in [0.2, 0.25) is 11.1 Å². The van der Waals surface area contributed by atoms with Crippen LogP contribution in [-0.4, -0.2) is 31.4 Å². The fourth-order valence-corrected chi connectivity index (χ4v) is 3.33. The van der Waals surface area contributed by atoms with Crippen LogP contribution in [0.25, 0.3) is 5.69 Å². The zero-order chi connectivity index (χ0) is 18.7. The zero-order valence-corrected chi connectivity index (χ0v) is 16.0. The maximum Gasteiger partial charge on any atom is 0.237 e. The summed E-state index contributed by atoms with van der Waals surface area (Å²) >= 11 is 1.33. The quantitative estimate of drug-likeness (QED) is 0.696. The van der Waals surface area contributed by atoms with Gasteiger partial charge in [0.05, 0.1) is 10.9 Å². The molecule has 1 atom stereocenters. The van der Waals surface area contributed by atoms with Crippen molar-refractivity contribution in [2.75, 3.05) is 5.32 Å². The van der Waals surface area contributed by atoms with Crippen molar-refractivity contribution in [3.8, 4) is 5.69 Å². The van der Waals surface area contributed by atoms with E-state index in [9.17, 15) is 4.79 Å². The lowest BCUT2D eigenvalue weighted by Gasteiger charge is -2.13. The maximum atomic E-state index is 12.5. The number of thioether (sulfide) groups is 1.